The molecule has 0 unspecified atom stereocenters. The van der Waals surface area contributed by atoms with Gasteiger partial charge in [-0.15, -0.1) is 11.3 Å². The third kappa shape index (κ3) is 4.89. The number of halogens is 2. The molecule has 0 amide bonds. The highest BCUT2D eigenvalue weighted by Crippen LogP contribution is 2.27. The first-order valence-electron chi connectivity index (χ1n) is 7.67. The molecule has 2 N–H and O–H groups in total. The first-order valence-corrected chi connectivity index (χ1v) is 10.0. The second kappa shape index (κ2) is 7.35. The lowest BCUT2D eigenvalue weighted by molar-refractivity contribution is -0.125. The predicted molar refractivity (Wildman–Crippen MR) is 96.6 cm³/mol. The minimum atomic E-state index is -4.23. The summed E-state index contributed by atoms with van der Waals surface area (Å²) in [5.74, 6) is -4.25. The fourth-order valence-electron chi connectivity index (χ4n) is 2.02. The molecule has 0 bridgehead atoms. The first-order chi connectivity index (χ1) is 12.3. The number of carboxylic acid groups (broad SMARTS) is 1. The van der Waals surface area contributed by atoms with Crippen molar-refractivity contribution in [3.8, 4) is 0 Å². The molecule has 1 aromatic carbocycles. The Bertz CT molecular complexity index is 1010. The average Bonchev–Trinajstić information content (AvgIpc) is 2.98. The number of thiophene rings is 1. The van der Waals surface area contributed by atoms with Gasteiger partial charge < -0.3 is 5.11 Å². The number of nitrogens with one attached hydrogen (secondary N) is 1. The van der Waals surface area contributed by atoms with Gasteiger partial charge in [0.05, 0.1) is 11.3 Å². The fraction of sp³-hybridized carbons (Fsp3) is 0.294. The molecule has 0 fully saturated rings. The molecule has 0 aliphatic rings. The highest BCUT2D eigenvalue weighted by Gasteiger charge is 2.24. The third-order valence-corrected chi connectivity index (χ3v) is 6.48. The zero-order valence-corrected chi connectivity index (χ0v) is 16.3. The van der Waals surface area contributed by atoms with E-state index in [4.69, 9.17) is 5.11 Å². The number of anilines is 1. The molecule has 2 rings (SSSR count). The topological polar surface area (TPSA) is 101 Å². The Hall–Kier alpha value is -2.33. The lowest BCUT2D eigenvalue weighted by Gasteiger charge is -2.15. The molecule has 1 heterocycles. The lowest BCUT2D eigenvalue weighted by atomic mass is 9.88. The van der Waals surface area contributed by atoms with E-state index in [0.717, 1.165) is 11.3 Å². The van der Waals surface area contributed by atoms with E-state index in [9.17, 15) is 26.8 Å². The van der Waals surface area contributed by atoms with Crippen LogP contribution >= 0.6 is 11.3 Å². The average molecular weight is 417 g/mol. The van der Waals surface area contributed by atoms with E-state index in [1.165, 1.54) is 11.4 Å². The van der Waals surface area contributed by atoms with Crippen molar-refractivity contribution in [2.45, 2.75) is 31.4 Å². The van der Waals surface area contributed by atoms with Gasteiger partial charge >= 0.3 is 5.97 Å². The Morgan fingerprint density at radius 2 is 1.78 bits per heavy atom. The molecule has 0 atom stereocenters. The Morgan fingerprint density at radius 3 is 2.33 bits per heavy atom. The van der Waals surface area contributed by atoms with Crippen LogP contribution in [0.2, 0.25) is 0 Å². The summed E-state index contributed by atoms with van der Waals surface area (Å²) in [4.78, 5) is 22.8. The number of rotatable bonds is 6. The number of ketones is 1. The van der Waals surface area contributed by atoms with Gasteiger partial charge in [0, 0.05) is 17.9 Å². The molecule has 0 radical (unpaired) electrons. The number of carboxylic acids is 1. The number of hydrogen-bond acceptors (Lipinski definition) is 5. The van der Waals surface area contributed by atoms with Crippen LogP contribution in [0.15, 0.2) is 27.8 Å². The van der Waals surface area contributed by atoms with Gasteiger partial charge in [-0.05, 0) is 23.1 Å². The molecule has 0 aliphatic carbocycles. The fourth-order valence-corrected chi connectivity index (χ4v) is 4.29. The molecule has 1 aromatic heterocycles. The largest absolute Gasteiger partial charge is 0.478 e. The van der Waals surface area contributed by atoms with Crippen LogP contribution in [0.25, 0.3) is 0 Å². The van der Waals surface area contributed by atoms with Gasteiger partial charge in [0.15, 0.2) is 0 Å². The number of carbonyl (C=O) groups excluding carboxylic acids is 1. The van der Waals surface area contributed by atoms with Crippen LogP contribution in [0.3, 0.4) is 0 Å². The normalized spacial score (nSPS) is 12.0. The minimum absolute atomic E-state index is 0.0474. The number of benzene rings is 1. The smallest absolute Gasteiger partial charge is 0.338 e. The summed E-state index contributed by atoms with van der Waals surface area (Å²) in [6.45, 7) is 5.25. The van der Waals surface area contributed by atoms with E-state index in [1.54, 1.807) is 20.8 Å². The van der Waals surface area contributed by atoms with Crippen LogP contribution in [0.1, 0.15) is 36.7 Å². The Kier molecular flexibility index (Phi) is 5.71. The summed E-state index contributed by atoms with van der Waals surface area (Å²) in [6, 6.07) is 2.15. The summed E-state index contributed by atoms with van der Waals surface area (Å²) in [6.07, 6.45) is 0.0474. The SMILES string of the molecule is CC(C)(C)C(=O)Cc1csc(S(=O)(=O)Nc2cc(F)c(C(=O)O)cc2F)c1. The quantitative estimate of drug-likeness (QED) is 0.747. The Morgan fingerprint density at radius 1 is 1.15 bits per heavy atom. The highest BCUT2D eigenvalue weighted by atomic mass is 32.2. The third-order valence-electron chi connectivity index (χ3n) is 3.63. The molecular formula is C17H17F2NO5S2. The molecule has 0 saturated carbocycles. The maximum Gasteiger partial charge on any atom is 0.338 e. The molecule has 0 spiro atoms. The van der Waals surface area contributed by atoms with Crippen molar-refractivity contribution in [3.63, 3.8) is 0 Å². The van der Waals surface area contributed by atoms with E-state index in [-0.39, 0.29) is 16.4 Å². The number of carbonyl (C=O) groups is 2. The predicted octanol–water partition coefficient (Wildman–Crippen LogP) is 3.68. The van der Waals surface area contributed by atoms with Gasteiger partial charge in [-0.1, -0.05) is 20.8 Å². The molecule has 27 heavy (non-hydrogen) atoms. The Balaban J connectivity index is 2.27. The van der Waals surface area contributed by atoms with E-state index in [0.29, 0.717) is 17.7 Å². The van der Waals surface area contributed by atoms with Gasteiger partial charge in [0.1, 0.15) is 21.6 Å². The van der Waals surface area contributed by atoms with Crippen LogP contribution < -0.4 is 4.72 Å². The van der Waals surface area contributed by atoms with Gasteiger partial charge in [0.2, 0.25) is 0 Å². The molecule has 10 heteroatoms. The van der Waals surface area contributed by atoms with Gasteiger partial charge in [-0.3, -0.25) is 9.52 Å². The molecule has 0 aliphatic heterocycles. The zero-order valence-electron chi connectivity index (χ0n) is 14.7. The second-order valence-corrected chi connectivity index (χ2v) is 9.67. The van der Waals surface area contributed by atoms with Crippen molar-refractivity contribution >= 4 is 38.8 Å². The molecule has 0 saturated heterocycles. The van der Waals surface area contributed by atoms with E-state index in [2.05, 4.69) is 0 Å². The summed E-state index contributed by atoms with van der Waals surface area (Å²) in [7, 11) is -4.23. The van der Waals surface area contributed by atoms with Crippen molar-refractivity contribution in [1.82, 2.24) is 0 Å². The monoisotopic (exact) mass is 417 g/mol. The molecule has 146 valence electrons. The van der Waals surface area contributed by atoms with E-state index in [1.807, 2.05) is 4.72 Å². The van der Waals surface area contributed by atoms with Crippen molar-refractivity contribution in [3.05, 3.63) is 46.3 Å². The second-order valence-electron chi connectivity index (χ2n) is 6.85. The zero-order chi connectivity index (χ0) is 20.6. The van der Waals surface area contributed by atoms with Crippen molar-refractivity contribution in [2.24, 2.45) is 5.41 Å². The minimum Gasteiger partial charge on any atom is -0.478 e. The number of sulfonamides is 1. The number of Topliss-reactive ketones (excluding diaryl/α,β-unsaturated/α-hetero) is 1. The summed E-state index contributed by atoms with van der Waals surface area (Å²) in [5, 5.41) is 10.3. The summed E-state index contributed by atoms with van der Waals surface area (Å²) in [5.41, 5.74) is -1.70. The number of aromatic carboxylic acids is 1. The molecule has 6 nitrogen and oxygen atoms in total. The van der Waals surface area contributed by atoms with Crippen LogP contribution in [0.5, 0.6) is 0 Å². The highest BCUT2D eigenvalue weighted by molar-refractivity contribution is 7.94. The number of hydrogen-bond donors (Lipinski definition) is 2. The first kappa shape index (κ1) is 21.0. The lowest BCUT2D eigenvalue weighted by Crippen LogP contribution is -2.21. The van der Waals surface area contributed by atoms with Gasteiger partial charge in [-0.2, -0.15) is 0 Å². The maximum atomic E-state index is 13.9. The van der Waals surface area contributed by atoms with Crippen molar-refractivity contribution < 1.29 is 31.9 Å². The van der Waals surface area contributed by atoms with Crippen LogP contribution in [-0.2, 0) is 21.2 Å². The molecule has 2 aromatic rings. The van der Waals surface area contributed by atoms with Crippen LogP contribution in [-0.4, -0.2) is 25.3 Å². The van der Waals surface area contributed by atoms with Crippen LogP contribution in [0, 0.1) is 17.0 Å². The molecular weight excluding hydrogens is 400 g/mol. The van der Waals surface area contributed by atoms with Gasteiger partial charge in [0.25, 0.3) is 10.0 Å². The standard InChI is InChI=1S/C17H17F2NO5S2/c1-17(2,3)14(21)4-9-5-15(26-8-9)27(24,25)20-13-7-11(18)10(16(22)23)6-12(13)19/h5-8,20H,4H2,1-3H3,(H,22,23). The van der Waals surface area contributed by atoms with Gasteiger partial charge in [-0.25, -0.2) is 22.0 Å². The van der Waals surface area contributed by atoms with Crippen molar-refractivity contribution in [1.29, 1.82) is 0 Å². The van der Waals surface area contributed by atoms with E-state index < -0.39 is 44.3 Å². The van der Waals surface area contributed by atoms with Crippen LogP contribution in [0.4, 0.5) is 14.5 Å². The van der Waals surface area contributed by atoms with E-state index >= 15 is 0 Å². The maximum absolute atomic E-state index is 13.9. The Labute approximate surface area is 158 Å². The summed E-state index contributed by atoms with van der Waals surface area (Å²) < 4.78 is 54.1. The summed E-state index contributed by atoms with van der Waals surface area (Å²) >= 11 is 0.833. The van der Waals surface area contributed by atoms with Crippen molar-refractivity contribution in [2.75, 3.05) is 4.72 Å².